The largest absolute Gasteiger partial charge is 0.449 e. The molecule has 142 valence electrons. The zero-order valence-electron chi connectivity index (χ0n) is 15.7. The summed E-state index contributed by atoms with van der Waals surface area (Å²) in [4.78, 5) is 28.4. The van der Waals surface area contributed by atoms with Gasteiger partial charge in [-0.05, 0) is 25.0 Å². The van der Waals surface area contributed by atoms with Gasteiger partial charge >= 0.3 is 12.2 Å². The van der Waals surface area contributed by atoms with Crippen molar-refractivity contribution in [2.75, 3.05) is 29.7 Å². The molecular formula is C21H24N2O4. The normalized spacial score (nSPS) is 12.7. The SMILES string of the molecule is CCCOC(=O)N1CN(C(=O)OCCC)c2ccccc2-c2ccccc21. The van der Waals surface area contributed by atoms with Crippen LogP contribution >= 0.6 is 0 Å². The van der Waals surface area contributed by atoms with Crippen LogP contribution in [0.3, 0.4) is 0 Å². The molecule has 2 aromatic rings. The molecule has 0 unspecified atom stereocenters. The number of fused-ring (bicyclic) bond motifs is 3. The number of hydrogen-bond acceptors (Lipinski definition) is 4. The Bertz CT molecular complexity index is 754. The van der Waals surface area contributed by atoms with Crippen LogP contribution in [-0.2, 0) is 9.47 Å². The molecule has 0 saturated heterocycles. The van der Waals surface area contributed by atoms with E-state index < -0.39 is 12.2 Å². The summed E-state index contributed by atoms with van der Waals surface area (Å²) >= 11 is 0. The van der Waals surface area contributed by atoms with Crippen molar-refractivity contribution in [2.45, 2.75) is 26.7 Å². The fourth-order valence-corrected chi connectivity index (χ4v) is 3.01. The van der Waals surface area contributed by atoms with Gasteiger partial charge in [-0.2, -0.15) is 0 Å². The molecule has 0 saturated carbocycles. The number of nitrogens with zero attached hydrogens (tertiary/aromatic N) is 2. The van der Waals surface area contributed by atoms with E-state index in [1.165, 1.54) is 9.80 Å². The second kappa shape index (κ2) is 8.58. The molecular weight excluding hydrogens is 344 g/mol. The number of hydrogen-bond donors (Lipinski definition) is 0. The van der Waals surface area contributed by atoms with Crippen LogP contribution in [0.25, 0.3) is 11.1 Å². The maximum absolute atomic E-state index is 12.7. The summed E-state index contributed by atoms with van der Waals surface area (Å²) in [5.74, 6) is 0. The van der Waals surface area contributed by atoms with Gasteiger partial charge in [0.25, 0.3) is 0 Å². The Balaban J connectivity index is 2.08. The smallest absolute Gasteiger partial charge is 0.415 e. The Morgan fingerprint density at radius 1 is 0.778 bits per heavy atom. The third kappa shape index (κ3) is 3.89. The zero-order chi connectivity index (χ0) is 19.2. The summed E-state index contributed by atoms with van der Waals surface area (Å²) in [6, 6.07) is 15.2. The van der Waals surface area contributed by atoms with Crippen molar-refractivity contribution in [1.29, 1.82) is 0 Å². The van der Waals surface area contributed by atoms with Crippen LogP contribution in [0.1, 0.15) is 26.7 Å². The van der Waals surface area contributed by atoms with Gasteiger partial charge in [0.05, 0.1) is 24.6 Å². The van der Waals surface area contributed by atoms with Crippen molar-refractivity contribution in [3.05, 3.63) is 48.5 Å². The molecule has 0 aromatic heterocycles. The lowest BCUT2D eigenvalue weighted by atomic mass is 10.0. The lowest BCUT2D eigenvalue weighted by molar-refractivity contribution is 0.149. The number of amides is 2. The van der Waals surface area contributed by atoms with Crippen LogP contribution in [-0.4, -0.2) is 32.1 Å². The first kappa shape index (κ1) is 18.8. The summed E-state index contributed by atoms with van der Waals surface area (Å²) in [7, 11) is 0. The highest BCUT2D eigenvalue weighted by molar-refractivity contribution is 6.03. The van der Waals surface area contributed by atoms with Crippen molar-refractivity contribution < 1.29 is 19.1 Å². The van der Waals surface area contributed by atoms with Gasteiger partial charge in [-0.3, -0.25) is 9.80 Å². The molecule has 0 bridgehead atoms. The quantitative estimate of drug-likeness (QED) is 0.759. The van der Waals surface area contributed by atoms with E-state index in [0.29, 0.717) is 24.6 Å². The number of carbonyl (C=O) groups is 2. The number of anilines is 2. The van der Waals surface area contributed by atoms with Gasteiger partial charge in [0.15, 0.2) is 0 Å². The van der Waals surface area contributed by atoms with E-state index in [4.69, 9.17) is 9.47 Å². The summed E-state index contributed by atoms with van der Waals surface area (Å²) < 4.78 is 10.7. The minimum Gasteiger partial charge on any atom is -0.449 e. The van der Waals surface area contributed by atoms with E-state index in [1.807, 2.05) is 62.4 Å². The molecule has 0 radical (unpaired) electrons. The number of rotatable bonds is 4. The standard InChI is InChI=1S/C21H24N2O4/c1-3-13-26-20(24)22-15-23(21(25)27-14-4-2)19-12-8-6-10-17(19)16-9-5-7-11-18(16)22/h5-12H,3-4,13-15H2,1-2H3. The molecule has 3 rings (SSSR count). The van der Waals surface area contributed by atoms with E-state index in [2.05, 4.69) is 0 Å². The molecule has 0 N–H and O–H groups in total. The second-order valence-corrected chi connectivity index (χ2v) is 6.26. The van der Waals surface area contributed by atoms with E-state index in [0.717, 1.165) is 24.0 Å². The lowest BCUT2D eigenvalue weighted by Crippen LogP contribution is -2.44. The highest BCUT2D eigenvalue weighted by Crippen LogP contribution is 2.40. The number of carbonyl (C=O) groups excluding carboxylic acids is 2. The van der Waals surface area contributed by atoms with Crippen molar-refractivity contribution in [3.8, 4) is 11.1 Å². The van der Waals surface area contributed by atoms with Crippen molar-refractivity contribution in [1.82, 2.24) is 0 Å². The van der Waals surface area contributed by atoms with Crippen LogP contribution in [0, 0.1) is 0 Å². The van der Waals surface area contributed by atoms with E-state index >= 15 is 0 Å². The molecule has 2 aromatic carbocycles. The van der Waals surface area contributed by atoms with Crippen LogP contribution < -0.4 is 9.80 Å². The molecule has 0 atom stereocenters. The molecule has 0 spiro atoms. The summed E-state index contributed by atoms with van der Waals surface area (Å²) in [6.45, 7) is 4.55. The lowest BCUT2D eigenvalue weighted by Gasteiger charge is -2.27. The van der Waals surface area contributed by atoms with Crippen molar-refractivity contribution in [3.63, 3.8) is 0 Å². The zero-order valence-corrected chi connectivity index (χ0v) is 15.7. The Kier molecular flexibility index (Phi) is 5.96. The molecule has 27 heavy (non-hydrogen) atoms. The summed E-state index contributed by atoms with van der Waals surface area (Å²) in [6.07, 6.45) is 0.490. The first-order valence-corrected chi connectivity index (χ1v) is 9.24. The van der Waals surface area contributed by atoms with Gasteiger partial charge < -0.3 is 9.47 Å². The maximum atomic E-state index is 12.7. The monoisotopic (exact) mass is 368 g/mol. The average molecular weight is 368 g/mol. The van der Waals surface area contributed by atoms with Crippen LogP contribution in [0.2, 0.25) is 0 Å². The van der Waals surface area contributed by atoms with Crippen LogP contribution in [0.5, 0.6) is 0 Å². The summed E-state index contributed by atoms with van der Waals surface area (Å²) in [5.41, 5.74) is 3.15. The molecule has 0 fully saturated rings. The minimum atomic E-state index is -0.481. The molecule has 1 aliphatic heterocycles. The third-order valence-corrected chi connectivity index (χ3v) is 4.26. The van der Waals surface area contributed by atoms with Gasteiger partial charge in [0.1, 0.15) is 6.67 Å². The number of ether oxygens (including phenoxy) is 2. The highest BCUT2D eigenvalue weighted by atomic mass is 16.6. The number of para-hydroxylation sites is 2. The van der Waals surface area contributed by atoms with Crippen LogP contribution in [0.15, 0.2) is 48.5 Å². The number of benzene rings is 2. The van der Waals surface area contributed by atoms with Gasteiger partial charge in [-0.15, -0.1) is 0 Å². The first-order chi connectivity index (χ1) is 13.2. The predicted molar refractivity (Wildman–Crippen MR) is 105 cm³/mol. The van der Waals surface area contributed by atoms with Crippen LogP contribution in [0.4, 0.5) is 21.0 Å². The topological polar surface area (TPSA) is 59.1 Å². The fourth-order valence-electron chi connectivity index (χ4n) is 3.01. The maximum Gasteiger partial charge on any atom is 0.415 e. The second-order valence-electron chi connectivity index (χ2n) is 6.26. The average Bonchev–Trinajstić information content (AvgIpc) is 2.85. The third-order valence-electron chi connectivity index (χ3n) is 4.26. The summed E-state index contributed by atoms with van der Waals surface area (Å²) in [5, 5.41) is 0. The van der Waals surface area contributed by atoms with E-state index in [9.17, 15) is 9.59 Å². The molecule has 1 heterocycles. The Morgan fingerprint density at radius 2 is 1.19 bits per heavy atom. The van der Waals surface area contributed by atoms with Gasteiger partial charge in [0, 0.05) is 11.1 Å². The first-order valence-electron chi connectivity index (χ1n) is 9.24. The molecule has 6 nitrogen and oxygen atoms in total. The molecule has 6 heteroatoms. The van der Waals surface area contributed by atoms with E-state index in [1.54, 1.807) is 0 Å². The Morgan fingerprint density at radius 3 is 1.59 bits per heavy atom. The molecule has 2 amide bonds. The van der Waals surface area contributed by atoms with Gasteiger partial charge in [0.2, 0.25) is 0 Å². The highest BCUT2D eigenvalue weighted by Gasteiger charge is 2.32. The molecule has 1 aliphatic rings. The predicted octanol–water partition coefficient (Wildman–Crippen LogP) is 5.03. The Labute approximate surface area is 159 Å². The van der Waals surface area contributed by atoms with Gasteiger partial charge in [-0.25, -0.2) is 9.59 Å². The molecule has 0 aliphatic carbocycles. The van der Waals surface area contributed by atoms with Crippen molar-refractivity contribution >= 4 is 23.6 Å². The minimum absolute atomic E-state index is 0.0269. The van der Waals surface area contributed by atoms with Gasteiger partial charge in [-0.1, -0.05) is 50.2 Å². The Hall–Kier alpha value is -3.02. The van der Waals surface area contributed by atoms with Crippen molar-refractivity contribution in [2.24, 2.45) is 0 Å². The van der Waals surface area contributed by atoms with E-state index in [-0.39, 0.29) is 6.67 Å². The fraction of sp³-hybridized carbons (Fsp3) is 0.333.